The minimum Gasteiger partial charge on any atom is -0.468 e. The number of allylic oxidation sites excluding steroid dienone is 2. The normalized spacial score (nSPS) is 24.9. The van der Waals surface area contributed by atoms with Crippen LogP contribution in [0.2, 0.25) is 0 Å². The van der Waals surface area contributed by atoms with Crippen molar-refractivity contribution in [3.63, 3.8) is 0 Å². The topological polar surface area (TPSA) is 129 Å². The summed E-state index contributed by atoms with van der Waals surface area (Å²) in [6.45, 7) is 24.6. The van der Waals surface area contributed by atoms with Crippen LogP contribution in [0.4, 0.5) is 0 Å². The van der Waals surface area contributed by atoms with E-state index in [1.165, 1.54) is 70.5 Å². The van der Waals surface area contributed by atoms with Gasteiger partial charge in [-0.05, 0) is 123 Å². The van der Waals surface area contributed by atoms with Crippen LogP contribution in [0.1, 0.15) is 180 Å². The molecule has 0 aromatic carbocycles. The Labute approximate surface area is 382 Å². The van der Waals surface area contributed by atoms with Crippen molar-refractivity contribution in [2.24, 2.45) is 47.3 Å². The molecule has 0 radical (unpaired) electrons. The van der Waals surface area contributed by atoms with Crippen molar-refractivity contribution in [2.75, 3.05) is 13.7 Å². The van der Waals surface area contributed by atoms with Crippen molar-refractivity contribution in [2.45, 2.75) is 146 Å². The van der Waals surface area contributed by atoms with E-state index in [1.807, 2.05) is 13.0 Å². The number of aromatic amines is 3. The van der Waals surface area contributed by atoms with Crippen LogP contribution in [-0.4, -0.2) is 46.4 Å². The van der Waals surface area contributed by atoms with Crippen LogP contribution in [-0.2, 0) is 25.5 Å². The van der Waals surface area contributed by atoms with E-state index in [1.54, 1.807) is 0 Å². The van der Waals surface area contributed by atoms with Gasteiger partial charge in [0.15, 0.2) is 5.78 Å². The molecule has 9 heteroatoms. The smallest absolute Gasteiger partial charge is 0.321 e. The number of carbonyl (C=O) groups excluding carboxylic acids is 3. The van der Waals surface area contributed by atoms with Crippen molar-refractivity contribution in [3.8, 4) is 0 Å². The van der Waals surface area contributed by atoms with Gasteiger partial charge in [-0.3, -0.25) is 14.4 Å². The number of ether oxygens (including phenoxy) is 2. The van der Waals surface area contributed by atoms with Crippen molar-refractivity contribution in [3.05, 3.63) is 84.8 Å². The first-order chi connectivity index (χ1) is 30.6. The zero-order chi connectivity index (χ0) is 46.0. The largest absolute Gasteiger partial charge is 0.468 e. The van der Waals surface area contributed by atoms with Crippen molar-refractivity contribution in [1.82, 2.24) is 20.3 Å². The van der Waals surface area contributed by atoms with Gasteiger partial charge in [0.2, 0.25) is 0 Å². The Morgan fingerprint density at radius 1 is 0.828 bits per heavy atom. The predicted molar refractivity (Wildman–Crippen MR) is 259 cm³/mol. The van der Waals surface area contributed by atoms with Crippen LogP contribution in [0.5, 0.6) is 0 Å². The first kappa shape index (κ1) is 47.2. The molecule has 5 heterocycles. The maximum Gasteiger partial charge on any atom is 0.321 e. The molecule has 2 aliphatic heterocycles. The Bertz CT molecular complexity index is 2430. The Balaban J connectivity index is 1.07. The Kier molecular flexibility index (Phi) is 14.9. The summed E-state index contributed by atoms with van der Waals surface area (Å²) >= 11 is 0. The standard InChI is InChI=1S/C55H76N4O5/c1-12-39-33(7)42-27-44-35(9)41(22-23-48(60)64-25-24-38-26-37(38)21-20-32(6)19-15-18-31(5)17-14-16-30(3)4)52(58-44)50-51(55(62)63-11)54(61)49-36(10)45(59-53(49)50)29-47-40(13-2)34(8)43(57-47)28-46(39)56-42/h12,27-32,35,37-38,41,51,56-59H,1,13-26H2,2-11H3/b43-28-,44-27-,47-29-,52-50-/t31-,32-,35+,37+,38+,41+,51-/m1/s1. The van der Waals surface area contributed by atoms with Crippen molar-refractivity contribution in [1.29, 1.82) is 0 Å². The van der Waals surface area contributed by atoms with E-state index in [2.05, 4.69) is 100 Å². The first-order valence-electron chi connectivity index (χ1n) is 24.6. The molecule has 1 saturated heterocycles. The second-order valence-corrected chi connectivity index (χ2v) is 20.4. The van der Waals surface area contributed by atoms with Gasteiger partial charge < -0.3 is 29.7 Å². The molecule has 2 fully saturated rings. The molecule has 2 aliphatic carbocycles. The minimum absolute atomic E-state index is 0.0690. The molecular weight excluding hydrogens is 797 g/mol. The second kappa shape index (κ2) is 20.2. The van der Waals surface area contributed by atoms with Crippen LogP contribution >= 0.6 is 0 Å². The van der Waals surface area contributed by atoms with Gasteiger partial charge in [-0.25, -0.2) is 0 Å². The Hall–Kier alpha value is -4.79. The Morgan fingerprint density at radius 2 is 1.50 bits per heavy atom. The predicted octanol–water partition coefficient (Wildman–Crippen LogP) is 10.8. The van der Waals surface area contributed by atoms with Gasteiger partial charge in [0, 0.05) is 74.1 Å². The Morgan fingerprint density at radius 3 is 2.19 bits per heavy atom. The molecule has 4 N–H and O–H groups in total. The lowest BCUT2D eigenvalue weighted by Gasteiger charge is -2.19. The highest BCUT2D eigenvalue weighted by Crippen LogP contribution is 2.49. The van der Waals surface area contributed by atoms with Crippen molar-refractivity contribution >= 4 is 47.6 Å². The van der Waals surface area contributed by atoms with Crippen LogP contribution in [0.25, 0.3) is 29.9 Å². The number of hydrogen-bond acceptors (Lipinski definition) is 6. The second-order valence-electron chi connectivity index (χ2n) is 20.4. The molecule has 64 heavy (non-hydrogen) atoms. The van der Waals surface area contributed by atoms with Gasteiger partial charge >= 0.3 is 11.9 Å². The monoisotopic (exact) mass is 873 g/mol. The lowest BCUT2D eigenvalue weighted by molar-refractivity contribution is -0.144. The molecule has 3 aromatic heterocycles. The first-order valence-corrected chi connectivity index (χ1v) is 24.6. The van der Waals surface area contributed by atoms with E-state index in [4.69, 9.17) is 9.47 Å². The number of nitrogens with one attached hydrogen (secondary N) is 4. The molecule has 0 spiro atoms. The molecule has 346 valence electrons. The zero-order valence-corrected chi connectivity index (χ0v) is 40.6. The zero-order valence-electron chi connectivity index (χ0n) is 40.6. The van der Waals surface area contributed by atoms with Crippen LogP contribution in [0, 0.1) is 68.1 Å². The quantitative estimate of drug-likeness (QED) is 0.0661. The average Bonchev–Trinajstić information content (AvgIpc) is 3.39. The molecule has 1 saturated carbocycles. The summed E-state index contributed by atoms with van der Waals surface area (Å²) in [5.41, 5.74) is 11.4. The maximum atomic E-state index is 14.4. The van der Waals surface area contributed by atoms with Crippen LogP contribution in [0.15, 0.2) is 18.0 Å². The van der Waals surface area contributed by atoms with Crippen LogP contribution < -0.4 is 16.0 Å². The lowest BCUT2D eigenvalue weighted by atomic mass is 9.85. The summed E-state index contributed by atoms with van der Waals surface area (Å²) in [6.07, 6.45) is 22.6. The summed E-state index contributed by atoms with van der Waals surface area (Å²) in [4.78, 5) is 52.5. The van der Waals surface area contributed by atoms with Gasteiger partial charge in [0.1, 0.15) is 5.92 Å². The molecule has 7 rings (SSSR count). The molecule has 8 bridgehead atoms. The fourth-order valence-corrected chi connectivity index (χ4v) is 11.2. The van der Waals surface area contributed by atoms with E-state index < -0.39 is 11.9 Å². The number of Topliss-reactive ketones (excluding diaryl/α,β-unsaturated/α-hetero) is 1. The molecular formula is C55H76N4O5. The summed E-state index contributed by atoms with van der Waals surface area (Å²) in [7, 11) is 1.33. The molecule has 0 amide bonds. The summed E-state index contributed by atoms with van der Waals surface area (Å²) in [6, 6.07) is 0. The van der Waals surface area contributed by atoms with E-state index >= 15 is 0 Å². The van der Waals surface area contributed by atoms with Gasteiger partial charge in [-0.1, -0.05) is 99.1 Å². The van der Waals surface area contributed by atoms with Gasteiger partial charge in [-0.2, -0.15) is 0 Å². The number of ketones is 1. The number of rotatable bonds is 20. The average molecular weight is 873 g/mol. The molecule has 9 nitrogen and oxygen atoms in total. The fraction of sp³-hybridized carbons (Fsp3) is 0.582. The third-order valence-electron chi connectivity index (χ3n) is 15.5. The highest BCUT2D eigenvalue weighted by molar-refractivity contribution is 6.24. The summed E-state index contributed by atoms with van der Waals surface area (Å²) < 4.78 is 11.2. The van der Waals surface area contributed by atoms with Crippen molar-refractivity contribution < 1.29 is 23.9 Å². The van der Waals surface area contributed by atoms with Gasteiger partial charge in [0.25, 0.3) is 0 Å². The number of esters is 2. The summed E-state index contributed by atoms with van der Waals surface area (Å²) in [5, 5.41) is 5.69. The molecule has 7 atom stereocenters. The highest BCUT2D eigenvalue weighted by atomic mass is 16.5. The maximum absolute atomic E-state index is 14.4. The molecule has 0 unspecified atom stereocenters. The number of hydrogen-bond donors (Lipinski definition) is 4. The van der Waals surface area contributed by atoms with E-state index in [0.717, 1.165) is 97.9 Å². The number of carbonyl (C=O) groups is 3. The van der Waals surface area contributed by atoms with Crippen LogP contribution in [0.3, 0.4) is 0 Å². The van der Waals surface area contributed by atoms with E-state index in [-0.39, 0.29) is 30.0 Å². The third kappa shape index (κ3) is 9.89. The number of aromatic nitrogens is 3. The van der Waals surface area contributed by atoms with Gasteiger partial charge in [-0.15, -0.1) is 0 Å². The number of fused-ring (bicyclic) bond motifs is 7. The summed E-state index contributed by atoms with van der Waals surface area (Å²) in [5.74, 6) is 1.35. The molecule has 3 aromatic rings. The number of H-pyrrole nitrogens is 3. The number of methoxy groups -OCH3 is 1. The SMILES string of the molecule is C=Cc1c2[nH]c(c1C)/C=C1\N/C(=C3\c4[nH]c(c(C)c4C(=O)[C@@H]3C(=O)OC)/C=c3\[nH]/c(c(C)c3CC)=C\2)[C@@H](CCC(=O)OCC[C@H]2C[C@@H]2CC[C@H](C)CCC[C@H](C)CCCC(C)C)[C@@H]1C. The van der Waals surface area contributed by atoms with E-state index in [0.29, 0.717) is 35.8 Å². The fourth-order valence-electron chi connectivity index (χ4n) is 11.2. The van der Waals surface area contributed by atoms with E-state index in [9.17, 15) is 14.4 Å². The lowest BCUT2D eigenvalue weighted by Crippen LogP contribution is -2.25. The third-order valence-corrected chi connectivity index (χ3v) is 15.5. The minimum atomic E-state index is -1.13. The molecule has 4 aliphatic rings. The highest BCUT2D eigenvalue weighted by Gasteiger charge is 2.48. The van der Waals surface area contributed by atoms with Gasteiger partial charge in [0.05, 0.1) is 19.4 Å².